The monoisotopic (exact) mass is 388 g/mol. The van der Waals surface area contributed by atoms with Crippen LogP contribution in [-0.2, 0) is 9.47 Å². The molecule has 0 amide bonds. The first-order chi connectivity index (χ1) is 13.6. The van der Waals surface area contributed by atoms with Gasteiger partial charge in [0.05, 0.1) is 24.3 Å². The number of rotatable bonds is 15. The summed E-state index contributed by atoms with van der Waals surface area (Å²) in [7, 11) is 0. The summed E-state index contributed by atoms with van der Waals surface area (Å²) in [6.07, 6.45) is 12.5. The van der Waals surface area contributed by atoms with Crippen LogP contribution in [0.3, 0.4) is 0 Å². The van der Waals surface area contributed by atoms with Gasteiger partial charge in [-0.3, -0.25) is 0 Å². The quantitative estimate of drug-likeness (QED) is 0.251. The smallest absolute Gasteiger partial charge is 0.339 e. The molecular formula is C24H36O4. The number of hydrogen-bond acceptors (Lipinski definition) is 4. The first kappa shape index (κ1) is 23.9. The van der Waals surface area contributed by atoms with E-state index in [0.717, 1.165) is 44.1 Å². The SMILES string of the molecule is C=Cc1ccc(C(=O)OCCCCCCC)c(C(=O)OCCCCCCC)c1. The van der Waals surface area contributed by atoms with Gasteiger partial charge >= 0.3 is 11.9 Å². The zero-order chi connectivity index (χ0) is 20.6. The molecule has 0 heterocycles. The zero-order valence-corrected chi connectivity index (χ0v) is 17.6. The van der Waals surface area contributed by atoms with Gasteiger partial charge in [0.1, 0.15) is 0 Å². The van der Waals surface area contributed by atoms with Gasteiger partial charge in [0.2, 0.25) is 0 Å². The molecule has 0 aliphatic carbocycles. The average Bonchev–Trinajstić information content (AvgIpc) is 2.72. The summed E-state index contributed by atoms with van der Waals surface area (Å²) in [4.78, 5) is 25.0. The van der Waals surface area contributed by atoms with Gasteiger partial charge in [-0.1, -0.05) is 83.9 Å². The zero-order valence-electron chi connectivity index (χ0n) is 17.6. The highest BCUT2D eigenvalue weighted by Crippen LogP contribution is 2.17. The normalized spacial score (nSPS) is 10.5. The standard InChI is InChI=1S/C24H36O4/c1-4-7-9-11-13-17-27-23(25)21-16-15-20(6-3)19-22(21)24(26)28-18-14-12-10-8-5-2/h6,15-16,19H,3-5,7-14,17-18H2,1-2H3. The van der Waals surface area contributed by atoms with Gasteiger partial charge in [-0.15, -0.1) is 0 Å². The van der Waals surface area contributed by atoms with Crippen LogP contribution in [0.2, 0.25) is 0 Å². The predicted octanol–water partition coefficient (Wildman–Crippen LogP) is 6.58. The number of unbranched alkanes of at least 4 members (excludes halogenated alkanes) is 8. The molecule has 0 bridgehead atoms. The van der Waals surface area contributed by atoms with E-state index < -0.39 is 11.9 Å². The van der Waals surface area contributed by atoms with Crippen LogP contribution in [-0.4, -0.2) is 25.2 Å². The highest BCUT2D eigenvalue weighted by molar-refractivity contribution is 6.03. The Bertz CT molecular complexity index is 607. The summed E-state index contributed by atoms with van der Waals surface area (Å²) in [5.74, 6) is -0.949. The molecule has 0 saturated carbocycles. The van der Waals surface area contributed by atoms with Crippen LogP contribution in [0.4, 0.5) is 0 Å². The molecule has 0 atom stereocenters. The molecular weight excluding hydrogens is 352 g/mol. The van der Waals surface area contributed by atoms with Crippen molar-refractivity contribution in [2.75, 3.05) is 13.2 Å². The molecule has 4 nitrogen and oxygen atoms in total. The minimum absolute atomic E-state index is 0.252. The molecule has 1 rings (SSSR count). The third-order valence-corrected chi connectivity index (χ3v) is 4.68. The van der Waals surface area contributed by atoms with Gasteiger partial charge in [-0.2, -0.15) is 0 Å². The predicted molar refractivity (Wildman–Crippen MR) is 115 cm³/mol. The lowest BCUT2D eigenvalue weighted by atomic mass is 10.0. The highest BCUT2D eigenvalue weighted by atomic mass is 16.5. The molecule has 0 N–H and O–H groups in total. The molecule has 0 spiro atoms. The molecule has 0 unspecified atom stereocenters. The van der Waals surface area contributed by atoms with Gasteiger partial charge in [0.25, 0.3) is 0 Å². The molecule has 4 heteroatoms. The maximum atomic E-state index is 12.5. The van der Waals surface area contributed by atoms with Gasteiger partial charge in [0, 0.05) is 0 Å². The Hall–Kier alpha value is -2.10. The minimum atomic E-state index is -0.478. The van der Waals surface area contributed by atoms with Crippen molar-refractivity contribution in [3.63, 3.8) is 0 Å². The Labute approximate surface area is 170 Å². The number of carbonyl (C=O) groups excluding carboxylic acids is 2. The number of hydrogen-bond donors (Lipinski definition) is 0. The number of carbonyl (C=O) groups is 2. The van der Waals surface area contributed by atoms with Gasteiger partial charge in [0.15, 0.2) is 0 Å². The van der Waals surface area contributed by atoms with E-state index >= 15 is 0 Å². The molecule has 0 aliphatic rings. The Morgan fingerprint density at radius 2 is 1.29 bits per heavy atom. The summed E-state index contributed by atoms with van der Waals surface area (Å²) in [5.41, 5.74) is 1.28. The number of ether oxygens (including phenoxy) is 2. The third kappa shape index (κ3) is 9.20. The molecule has 0 aromatic heterocycles. The molecule has 1 aromatic rings. The lowest BCUT2D eigenvalue weighted by Gasteiger charge is -2.11. The molecule has 1 aromatic carbocycles. The second kappa shape index (κ2) is 14.9. The van der Waals surface area contributed by atoms with Crippen LogP contribution in [0, 0.1) is 0 Å². The van der Waals surface area contributed by atoms with E-state index in [1.165, 1.54) is 25.7 Å². The van der Waals surface area contributed by atoms with Crippen molar-refractivity contribution in [2.45, 2.75) is 78.1 Å². The highest BCUT2D eigenvalue weighted by Gasteiger charge is 2.20. The summed E-state index contributed by atoms with van der Waals surface area (Å²) in [6, 6.07) is 5.02. The molecule has 156 valence electrons. The lowest BCUT2D eigenvalue weighted by molar-refractivity contribution is 0.0450. The van der Waals surface area contributed by atoms with Crippen molar-refractivity contribution < 1.29 is 19.1 Å². The van der Waals surface area contributed by atoms with Crippen molar-refractivity contribution >= 4 is 18.0 Å². The second-order valence-corrected chi connectivity index (χ2v) is 7.11. The van der Waals surface area contributed by atoms with E-state index in [0.29, 0.717) is 13.2 Å². The molecule has 0 radical (unpaired) electrons. The molecule has 28 heavy (non-hydrogen) atoms. The van der Waals surface area contributed by atoms with E-state index in [-0.39, 0.29) is 11.1 Å². The van der Waals surface area contributed by atoms with Crippen LogP contribution in [0.1, 0.15) is 104 Å². The van der Waals surface area contributed by atoms with E-state index in [2.05, 4.69) is 20.4 Å². The maximum Gasteiger partial charge on any atom is 0.339 e. The van der Waals surface area contributed by atoms with Gasteiger partial charge in [-0.05, 0) is 30.5 Å². The Kier molecular flexibility index (Phi) is 12.7. The summed E-state index contributed by atoms with van der Waals surface area (Å²) in [5, 5.41) is 0. The van der Waals surface area contributed by atoms with E-state index in [4.69, 9.17) is 9.47 Å². The Morgan fingerprint density at radius 1 is 0.786 bits per heavy atom. The number of esters is 2. The second-order valence-electron chi connectivity index (χ2n) is 7.11. The summed E-state index contributed by atoms with van der Waals surface area (Å²) in [6.45, 7) is 8.80. The molecule has 0 saturated heterocycles. The minimum Gasteiger partial charge on any atom is -0.462 e. The Morgan fingerprint density at radius 3 is 1.79 bits per heavy atom. The van der Waals surface area contributed by atoms with Crippen LogP contribution >= 0.6 is 0 Å². The summed E-state index contributed by atoms with van der Waals surface area (Å²) < 4.78 is 10.8. The number of benzene rings is 1. The Balaban J connectivity index is 2.61. The van der Waals surface area contributed by atoms with Gasteiger partial charge < -0.3 is 9.47 Å². The maximum absolute atomic E-state index is 12.5. The van der Waals surface area contributed by atoms with Crippen molar-refractivity contribution in [1.82, 2.24) is 0 Å². The van der Waals surface area contributed by atoms with Crippen molar-refractivity contribution in [1.29, 1.82) is 0 Å². The van der Waals surface area contributed by atoms with Crippen LogP contribution in [0.5, 0.6) is 0 Å². The molecule has 0 aliphatic heterocycles. The van der Waals surface area contributed by atoms with Crippen molar-refractivity contribution in [3.05, 3.63) is 41.5 Å². The molecule has 0 fully saturated rings. The topological polar surface area (TPSA) is 52.6 Å². The first-order valence-corrected chi connectivity index (χ1v) is 10.7. The average molecular weight is 389 g/mol. The third-order valence-electron chi connectivity index (χ3n) is 4.68. The fourth-order valence-electron chi connectivity index (χ4n) is 2.93. The van der Waals surface area contributed by atoms with E-state index in [9.17, 15) is 9.59 Å². The van der Waals surface area contributed by atoms with Crippen LogP contribution in [0.15, 0.2) is 24.8 Å². The summed E-state index contributed by atoms with van der Waals surface area (Å²) >= 11 is 0. The lowest BCUT2D eigenvalue weighted by Crippen LogP contribution is -2.15. The van der Waals surface area contributed by atoms with Gasteiger partial charge in [-0.25, -0.2) is 9.59 Å². The van der Waals surface area contributed by atoms with Crippen molar-refractivity contribution in [2.24, 2.45) is 0 Å². The van der Waals surface area contributed by atoms with E-state index in [1.54, 1.807) is 24.3 Å². The largest absolute Gasteiger partial charge is 0.462 e. The fourth-order valence-corrected chi connectivity index (χ4v) is 2.93. The van der Waals surface area contributed by atoms with E-state index in [1.807, 2.05) is 0 Å². The van der Waals surface area contributed by atoms with Crippen LogP contribution in [0.25, 0.3) is 6.08 Å². The fraction of sp³-hybridized carbons (Fsp3) is 0.583. The van der Waals surface area contributed by atoms with Crippen molar-refractivity contribution in [3.8, 4) is 0 Å². The first-order valence-electron chi connectivity index (χ1n) is 10.7. The van der Waals surface area contributed by atoms with Crippen LogP contribution < -0.4 is 0 Å².